The van der Waals surface area contributed by atoms with Crippen LogP contribution in [-0.2, 0) is 9.59 Å². The van der Waals surface area contributed by atoms with E-state index in [9.17, 15) is 9.59 Å². The SMILES string of the molecule is NC(=O)C(N)(CO)C(=O)O. The van der Waals surface area contributed by atoms with Gasteiger partial charge in [-0.1, -0.05) is 0 Å². The molecule has 0 aliphatic heterocycles. The standard InChI is InChI=1S/C4H8N2O4/c5-2(8)4(6,1-7)3(9)10/h7H,1,6H2,(H2,5,8)(H,9,10). The first-order chi connectivity index (χ1) is 4.45. The predicted molar refractivity (Wildman–Crippen MR) is 30.8 cm³/mol. The Balaban J connectivity index is 4.55. The van der Waals surface area contributed by atoms with Crippen molar-refractivity contribution in [3.05, 3.63) is 0 Å². The number of hydrogen-bond donors (Lipinski definition) is 4. The van der Waals surface area contributed by atoms with Gasteiger partial charge in [-0.15, -0.1) is 0 Å². The van der Waals surface area contributed by atoms with Crippen molar-refractivity contribution in [3.63, 3.8) is 0 Å². The van der Waals surface area contributed by atoms with Crippen LogP contribution in [0.5, 0.6) is 0 Å². The summed E-state index contributed by atoms with van der Waals surface area (Å²) in [5.41, 5.74) is 7.09. The summed E-state index contributed by atoms with van der Waals surface area (Å²) in [6, 6.07) is 0. The van der Waals surface area contributed by atoms with Crippen molar-refractivity contribution in [1.29, 1.82) is 0 Å². The average molecular weight is 148 g/mol. The molecule has 0 bridgehead atoms. The summed E-state index contributed by atoms with van der Waals surface area (Å²) in [4.78, 5) is 20.4. The summed E-state index contributed by atoms with van der Waals surface area (Å²) in [5.74, 6) is -2.90. The van der Waals surface area contributed by atoms with Gasteiger partial charge in [-0.25, -0.2) is 4.79 Å². The van der Waals surface area contributed by atoms with E-state index in [1.54, 1.807) is 0 Å². The monoisotopic (exact) mass is 148 g/mol. The Morgan fingerprint density at radius 2 is 1.90 bits per heavy atom. The van der Waals surface area contributed by atoms with Crippen LogP contribution in [0.1, 0.15) is 0 Å². The van der Waals surface area contributed by atoms with Crippen LogP contribution >= 0.6 is 0 Å². The predicted octanol–water partition coefficient (Wildman–Crippen LogP) is -2.75. The van der Waals surface area contributed by atoms with Crippen LogP contribution in [-0.4, -0.2) is 34.2 Å². The molecule has 0 heterocycles. The van der Waals surface area contributed by atoms with Gasteiger partial charge in [0.1, 0.15) is 0 Å². The number of hydrogen-bond acceptors (Lipinski definition) is 4. The molecule has 1 unspecified atom stereocenters. The van der Waals surface area contributed by atoms with E-state index in [1.165, 1.54) is 0 Å². The number of carbonyl (C=O) groups excluding carboxylic acids is 1. The van der Waals surface area contributed by atoms with Crippen LogP contribution < -0.4 is 11.5 Å². The number of carboxylic acid groups (broad SMARTS) is 1. The molecule has 0 aromatic carbocycles. The maximum Gasteiger partial charge on any atom is 0.335 e. The molecule has 0 fully saturated rings. The molecule has 0 aromatic rings. The number of aliphatic carboxylic acids is 1. The van der Waals surface area contributed by atoms with E-state index in [-0.39, 0.29) is 0 Å². The lowest BCUT2D eigenvalue weighted by Crippen LogP contribution is -2.60. The van der Waals surface area contributed by atoms with E-state index >= 15 is 0 Å². The third-order valence-corrected chi connectivity index (χ3v) is 1.07. The lowest BCUT2D eigenvalue weighted by atomic mass is 10.0. The van der Waals surface area contributed by atoms with Gasteiger partial charge in [0.05, 0.1) is 6.61 Å². The summed E-state index contributed by atoms with van der Waals surface area (Å²) >= 11 is 0. The first-order valence-electron chi connectivity index (χ1n) is 2.38. The average Bonchev–Trinajstić information content (AvgIpc) is 1.85. The molecule has 0 aliphatic rings. The minimum atomic E-state index is -2.35. The van der Waals surface area contributed by atoms with Crippen LogP contribution in [0.4, 0.5) is 0 Å². The van der Waals surface area contributed by atoms with Crippen molar-refractivity contribution in [3.8, 4) is 0 Å². The second-order valence-corrected chi connectivity index (χ2v) is 1.80. The highest BCUT2D eigenvalue weighted by atomic mass is 16.4. The number of nitrogens with two attached hydrogens (primary N) is 2. The topological polar surface area (TPSA) is 127 Å². The van der Waals surface area contributed by atoms with E-state index in [2.05, 4.69) is 5.73 Å². The van der Waals surface area contributed by atoms with E-state index in [1.807, 2.05) is 0 Å². The molecule has 10 heavy (non-hydrogen) atoms. The molecule has 0 aliphatic carbocycles. The van der Waals surface area contributed by atoms with Crippen LogP contribution in [0.2, 0.25) is 0 Å². The molecule has 0 saturated heterocycles. The van der Waals surface area contributed by atoms with Crippen molar-refractivity contribution in [2.75, 3.05) is 6.61 Å². The zero-order valence-corrected chi connectivity index (χ0v) is 5.07. The van der Waals surface area contributed by atoms with Gasteiger partial charge in [-0.2, -0.15) is 0 Å². The smallest absolute Gasteiger partial charge is 0.335 e. The molecule has 0 spiro atoms. The van der Waals surface area contributed by atoms with Gasteiger partial charge in [0, 0.05) is 0 Å². The number of carbonyl (C=O) groups is 2. The second-order valence-electron chi connectivity index (χ2n) is 1.80. The third kappa shape index (κ3) is 1.23. The number of primary amides is 1. The van der Waals surface area contributed by atoms with Crippen LogP contribution in [0, 0.1) is 0 Å². The van der Waals surface area contributed by atoms with E-state index in [4.69, 9.17) is 15.9 Å². The van der Waals surface area contributed by atoms with Gasteiger partial charge in [0.15, 0.2) is 0 Å². The Labute approximate surface area is 56.4 Å². The van der Waals surface area contributed by atoms with Crippen molar-refractivity contribution < 1.29 is 19.8 Å². The van der Waals surface area contributed by atoms with Crippen molar-refractivity contribution in [1.82, 2.24) is 0 Å². The molecule has 6 heteroatoms. The summed E-state index contributed by atoms with van der Waals surface area (Å²) in [6.07, 6.45) is 0. The largest absolute Gasteiger partial charge is 0.479 e. The summed E-state index contributed by atoms with van der Waals surface area (Å²) in [6.45, 7) is -1.00. The van der Waals surface area contributed by atoms with E-state index < -0.39 is 24.0 Å². The second kappa shape index (κ2) is 2.63. The Hall–Kier alpha value is -1.14. The Morgan fingerprint density at radius 3 is 1.90 bits per heavy atom. The van der Waals surface area contributed by atoms with Crippen molar-refractivity contribution in [2.45, 2.75) is 5.54 Å². The highest BCUT2D eigenvalue weighted by Gasteiger charge is 2.39. The van der Waals surface area contributed by atoms with Crippen LogP contribution in [0.15, 0.2) is 0 Å². The molecule has 6 N–H and O–H groups in total. The molecule has 0 aromatic heterocycles. The zero-order valence-electron chi connectivity index (χ0n) is 5.07. The Bertz CT molecular complexity index is 153. The molecule has 1 amide bonds. The van der Waals surface area contributed by atoms with Crippen molar-refractivity contribution >= 4 is 11.9 Å². The lowest BCUT2D eigenvalue weighted by Gasteiger charge is -2.16. The number of amides is 1. The molecule has 0 saturated carbocycles. The number of carboxylic acids is 1. The fourth-order valence-electron chi connectivity index (χ4n) is 0.251. The highest BCUT2D eigenvalue weighted by molar-refractivity contribution is 6.05. The van der Waals surface area contributed by atoms with Gasteiger partial charge in [-0.05, 0) is 0 Å². The zero-order chi connectivity index (χ0) is 8.36. The number of aliphatic hydroxyl groups is 1. The quantitative estimate of drug-likeness (QED) is 0.322. The minimum Gasteiger partial charge on any atom is -0.479 e. The molecular weight excluding hydrogens is 140 g/mol. The molecule has 58 valence electrons. The van der Waals surface area contributed by atoms with Gasteiger partial charge >= 0.3 is 5.97 Å². The lowest BCUT2D eigenvalue weighted by molar-refractivity contribution is -0.149. The van der Waals surface area contributed by atoms with Gasteiger partial charge < -0.3 is 21.7 Å². The maximum atomic E-state index is 10.3. The fraction of sp³-hybridized carbons (Fsp3) is 0.500. The molecule has 1 atom stereocenters. The first kappa shape index (κ1) is 8.86. The molecule has 0 rings (SSSR count). The number of rotatable bonds is 3. The van der Waals surface area contributed by atoms with Crippen molar-refractivity contribution in [2.24, 2.45) is 11.5 Å². The van der Waals surface area contributed by atoms with Gasteiger partial charge in [0.25, 0.3) is 5.91 Å². The van der Waals surface area contributed by atoms with Crippen LogP contribution in [0.3, 0.4) is 0 Å². The number of aliphatic hydroxyl groups excluding tert-OH is 1. The normalized spacial score (nSPS) is 15.8. The van der Waals surface area contributed by atoms with Gasteiger partial charge in [-0.3, -0.25) is 4.79 Å². The van der Waals surface area contributed by atoms with E-state index in [0.29, 0.717) is 0 Å². The van der Waals surface area contributed by atoms with E-state index in [0.717, 1.165) is 0 Å². The third-order valence-electron chi connectivity index (χ3n) is 1.07. The molecule has 0 radical (unpaired) electrons. The summed E-state index contributed by atoms with van der Waals surface area (Å²) in [5, 5.41) is 16.5. The molecule has 6 nitrogen and oxygen atoms in total. The Kier molecular flexibility index (Phi) is 2.33. The minimum absolute atomic E-state index is 1.00. The molecular formula is C4H8N2O4. The first-order valence-corrected chi connectivity index (χ1v) is 2.38. The highest BCUT2D eigenvalue weighted by Crippen LogP contribution is 1.96. The summed E-state index contributed by atoms with van der Waals surface area (Å²) < 4.78 is 0. The maximum absolute atomic E-state index is 10.3. The van der Waals surface area contributed by atoms with Gasteiger partial charge in [0.2, 0.25) is 5.54 Å². The fourth-order valence-corrected chi connectivity index (χ4v) is 0.251. The Morgan fingerprint density at radius 1 is 1.50 bits per heavy atom. The summed E-state index contributed by atoms with van der Waals surface area (Å²) in [7, 11) is 0. The van der Waals surface area contributed by atoms with Crippen LogP contribution in [0.25, 0.3) is 0 Å².